The summed E-state index contributed by atoms with van der Waals surface area (Å²) in [5.74, 6) is 0.629. The van der Waals surface area contributed by atoms with Crippen molar-refractivity contribution in [3.63, 3.8) is 0 Å². The summed E-state index contributed by atoms with van der Waals surface area (Å²) < 4.78 is 0. The molecule has 0 bridgehead atoms. The number of benzene rings is 1. The lowest BCUT2D eigenvalue weighted by Gasteiger charge is -2.28. The third-order valence-corrected chi connectivity index (χ3v) is 4.63. The van der Waals surface area contributed by atoms with Gasteiger partial charge >= 0.3 is 6.03 Å². The van der Waals surface area contributed by atoms with Gasteiger partial charge in [-0.05, 0) is 43.7 Å². The van der Waals surface area contributed by atoms with E-state index >= 15 is 0 Å². The van der Waals surface area contributed by atoms with E-state index in [0.29, 0.717) is 12.5 Å². The van der Waals surface area contributed by atoms with Crippen molar-refractivity contribution in [2.75, 3.05) is 18.4 Å². The number of para-hydroxylation sites is 1. The minimum absolute atomic E-state index is 0.00684. The summed E-state index contributed by atoms with van der Waals surface area (Å²) in [5, 5.41) is 5.88. The van der Waals surface area contributed by atoms with Gasteiger partial charge in [-0.15, -0.1) is 0 Å². The van der Waals surface area contributed by atoms with Crippen LogP contribution in [0, 0.1) is 5.92 Å². The molecular formula is C17H23N3O2. The Labute approximate surface area is 131 Å². The smallest absolute Gasteiger partial charge is 0.322 e. The second kappa shape index (κ2) is 6.81. The van der Waals surface area contributed by atoms with E-state index in [-0.39, 0.29) is 18.0 Å². The topological polar surface area (TPSA) is 61.4 Å². The van der Waals surface area contributed by atoms with Crippen LogP contribution in [0.1, 0.15) is 32.1 Å². The Bertz CT molecular complexity index is 528. The van der Waals surface area contributed by atoms with Crippen LogP contribution in [0.2, 0.25) is 0 Å². The maximum absolute atomic E-state index is 12.4. The molecule has 3 rings (SSSR count). The Balaban J connectivity index is 1.54. The van der Waals surface area contributed by atoms with Crippen LogP contribution in [0.25, 0.3) is 0 Å². The van der Waals surface area contributed by atoms with Crippen LogP contribution in [-0.4, -0.2) is 36.0 Å². The first-order valence-electron chi connectivity index (χ1n) is 8.14. The van der Waals surface area contributed by atoms with Crippen molar-refractivity contribution >= 4 is 17.6 Å². The Morgan fingerprint density at radius 1 is 1.09 bits per heavy atom. The van der Waals surface area contributed by atoms with E-state index in [9.17, 15) is 9.59 Å². The highest BCUT2D eigenvalue weighted by Crippen LogP contribution is 2.25. The maximum Gasteiger partial charge on any atom is 0.322 e. The molecule has 0 unspecified atom stereocenters. The van der Waals surface area contributed by atoms with Crippen molar-refractivity contribution in [1.82, 2.24) is 10.2 Å². The van der Waals surface area contributed by atoms with E-state index in [0.717, 1.165) is 25.1 Å². The molecule has 0 spiro atoms. The lowest BCUT2D eigenvalue weighted by atomic mass is 9.85. The lowest BCUT2D eigenvalue weighted by molar-refractivity contribution is -0.124. The fourth-order valence-electron chi connectivity index (χ4n) is 3.06. The van der Waals surface area contributed by atoms with E-state index in [1.807, 2.05) is 30.3 Å². The zero-order valence-electron chi connectivity index (χ0n) is 12.8. The number of anilines is 1. The average molecular weight is 301 g/mol. The van der Waals surface area contributed by atoms with Crippen LogP contribution in [0.4, 0.5) is 10.5 Å². The van der Waals surface area contributed by atoms with Gasteiger partial charge in [-0.3, -0.25) is 4.79 Å². The Hall–Kier alpha value is -2.04. The summed E-state index contributed by atoms with van der Waals surface area (Å²) in [4.78, 5) is 26.4. The number of amides is 3. The number of carbonyl (C=O) groups is 2. The number of carbonyl (C=O) groups excluding carboxylic acids is 2. The fraction of sp³-hybridized carbons (Fsp3) is 0.529. The van der Waals surface area contributed by atoms with Crippen molar-refractivity contribution < 1.29 is 9.59 Å². The molecule has 1 aromatic carbocycles. The second-order valence-electron chi connectivity index (χ2n) is 6.19. The highest BCUT2D eigenvalue weighted by molar-refractivity contribution is 5.94. The molecule has 1 aromatic rings. The number of nitrogens with one attached hydrogen (secondary N) is 2. The molecule has 5 nitrogen and oxygen atoms in total. The van der Waals surface area contributed by atoms with Gasteiger partial charge in [0.2, 0.25) is 5.91 Å². The largest absolute Gasteiger partial charge is 0.354 e. The Morgan fingerprint density at radius 2 is 1.86 bits per heavy atom. The molecule has 1 aliphatic carbocycles. The van der Waals surface area contributed by atoms with Gasteiger partial charge in [0.1, 0.15) is 6.04 Å². The van der Waals surface area contributed by atoms with E-state index in [1.54, 1.807) is 4.90 Å². The molecule has 118 valence electrons. The van der Waals surface area contributed by atoms with E-state index in [4.69, 9.17) is 0 Å². The van der Waals surface area contributed by atoms with Crippen LogP contribution in [0.15, 0.2) is 30.3 Å². The summed E-state index contributed by atoms with van der Waals surface area (Å²) in [6.45, 7) is 1.39. The third-order valence-electron chi connectivity index (χ3n) is 4.63. The quantitative estimate of drug-likeness (QED) is 0.898. The maximum atomic E-state index is 12.4. The van der Waals surface area contributed by atoms with Gasteiger partial charge in [0.15, 0.2) is 0 Å². The van der Waals surface area contributed by atoms with Crippen LogP contribution in [0.3, 0.4) is 0 Å². The lowest BCUT2D eigenvalue weighted by Crippen LogP contribution is -2.48. The highest BCUT2D eigenvalue weighted by atomic mass is 16.2. The van der Waals surface area contributed by atoms with E-state index in [2.05, 4.69) is 10.6 Å². The number of rotatable bonds is 4. The van der Waals surface area contributed by atoms with Gasteiger partial charge in [-0.1, -0.05) is 24.6 Å². The van der Waals surface area contributed by atoms with Crippen LogP contribution in [-0.2, 0) is 4.79 Å². The molecule has 3 amide bonds. The molecule has 0 radical (unpaired) electrons. The summed E-state index contributed by atoms with van der Waals surface area (Å²) in [5.41, 5.74) is 0.757. The van der Waals surface area contributed by atoms with Crippen molar-refractivity contribution in [2.45, 2.75) is 38.1 Å². The molecule has 2 fully saturated rings. The standard InChI is InChI=1S/C17H23N3O2/c21-16(18-12-13-6-4-7-13)15-10-5-11-20(15)17(22)19-14-8-2-1-3-9-14/h1-3,8-9,13,15H,4-7,10-12H2,(H,18,21)(H,19,22)/t15-/m0/s1. The van der Waals surface area contributed by atoms with Gasteiger partial charge in [-0.25, -0.2) is 4.79 Å². The molecule has 1 saturated carbocycles. The summed E-state index contributed by atoms with van der Waals surface area (Å²) >= 11 is 0. The normalized spacial score (nSPS) is 21.3. The Kier molecular flexibility index (Phi) is 4.61. The molecule has 22 heavy (non-hydrogen) atoms. The number of urea groups is 1. The molecule has 1 heterocycles. The van der Waals surface area contributed by atoms with Gasteiger partial charge in [-0.2, -0.15) is 0 Å². The van der Waals surface area contributed by atoms with Crippen molar-refractivity contribution in [1.29, 1.82) is 0 Å². The van der Waals surface area contributed by atoms with Crippen LogP contribution in [0.5, 0.6) is 0 Å². The van der Waals surface area contributed by atoms with Gasteiger partial charge < -0.3 is 15.5 Å². The fourth-order valence-corrected chi connectivity index (χ4v) is 3.06. The SMILES string of the molecule is O=C(NCC1CCC1)[C@@H]1CCCN1C(=O)Nc1ccccc1. The minimum atomic E-state index is -0.330. The van der Waals surface area contributed by atoms with Gasteiger partial charge in [0.05, 0.1) is 0 Å². The number of likely N-dealkylation sites (tertiary alicyclic amines) is 1. The first kappa shape index (κ1) is 14.9. The van der Waals surface area contributed by atoms with E-state index in [1.165, 1.54) is 19.3 Å². The van der Waals surface area contributed by atoms with Crippen molar-refractivity contribution in [2.24, 2.45) is 5.92 Å². The van der Waals surface area contributed by atoms with Gasteiger partial charge in [0.25, 0.3) is 0 Å². The molecule has 0 aromatic heterocycles. The number of nitrogens with zero attached hydrogens (tertiary/aromatic N) is 1. The number of hydrogen-bond donors (Lipinski definition) is 2. The summed E-state index contributed by atoms with van der Waals surface area (Å²) in [6.07, 6.45) is 5.32. The van der Waals surface area contributed by atoms with Crippen molar-refractivity contribution in [3.05, 3.63) is 30.3 Å². The third kappa shape index (κ3) is 3.40. The first-order chi connectivity index (χ1) is 10.7. The molecule has 1 aliphatic heterocycles. The molecule has 5 heteroatoms. The Morgan fingerprint density at radius 3 is 2.55 bits per heavy atom. The molecular weight excluding hydrogens is 278 g/mol. The molecule has 2 aliphatic rings. The zero-order valence-corrected chi connectivity index (χ0v) is 12.8. The molecule has 1 saturated heterocycles. The molecule has 2 N–H and O–H groups in total. The minimum Gasteiger partial charge on any atom is -0.354 e. The monoisotopic (exact) mass is 301 g/mol. The predicted molar refractivity (Wildman–Crippen MR) is 85.5 cm³/mol. The zero-order chi connectivity index (χ0) is 15.4. The second-order valence-corrected chi connectivity index (χ2v) is 6.19. The van der Waals surface area contributed by atoms with Crippen LogP contribution >= 0.6 is 0 Å². The summed E-state index contributed by atoms with van der Waals surface area (Å²) in [6, 6.07) is 8.84. The highest BCUT2D eigenvalue weighted by Gasteiger charge is 2.34. The van der Waals surface area contributed by atoms with Crippen molar-refractivity contribution in [3.8, 4) is 0 Å². The summed E-state index contributed by atoms with van der Waals surface area (Å²) in [7, 11) is 0. The molecule has 1 atom stereocenters. The van der Waals surface area contributed by atoms with Crippen LogP contribution < -0.4 is 10.6 Å². The predicted octanol–water partition coefficient (Wildman–Crippen LogP) is 2.60. The van der Waals surface area contributed by atoms with Gasteiger partial charge in [0, 0.05) is 18.8 Å². The average Bonchev–Trinajstić information content (AvgIpc) is 2.96. The van der Waals surface area contributed by atoms with E-state index < -0.39 is 0 Å². The number of hydrogen-bond acceptors (Lipinski definition) is 2. The first-order valence-corrected chi connectivity index (χ1v) is 8.14.